The van der Waals surface area contributed by atoms with Crippen LogP contribution in [0.5, 0.6) is 17.2 Å². The maximum atomic E-state index is 13.5. The number of hydrogen-bond acceptors (Lipinski definition) is 6. The molecule has 1 atom stereocenters. The van der Waals surface area contributed by atoms with Crippen LogP contribution in [0.3, 0.4) is 0 Å². The lowest BCUT2D eigenvalue weighted by atomic mass is 10.2. The van der Waals surface area contributed by atoms with Crippen LogP contribution >= 0.6 is 11.6 Å². The summed E-state index contributed by atoms with van der Waals surface area (Å²) in [6.45, 7) is 2.35. The fraction of sp³-hybridized carbons (Fsp3) is 0.269. The Kier molecular flexibility index (Phi) is 7.91. The number of aryl methyl sites for hydroxylation is 1. The van der Waals surface area contributed by atoms with Gasteiger partial charge in [-0.1, -0.05) is 30.7 Å². The standard InChI is InChI=1S/C26H27ClN2O6S/c1-3-18-4-7-21(8-5-18)34-15-14-28-26(30)25-17-29(23-16-19(27)6-13-24(23)35-25)36(31,32)22-11-9-20(33-2)10-12-22/h4-13,16,25H,3,14-15,17H2,1-2H3,(H,28,30). The summed E-state index contributed by atoms with van der Waals surface area (Å²) in [5, 5.41) is 3.11. The fourth-order valence-electron chi connectivity index (χ4n) is 3.74. The van der Waals surface area contributed by atoms with E-state index < -0.39 is 22.0 Å². The number of nitrogens with zero attached hydrogens (tertiary/aromatic N) is 1. The number of benzene rings is 3. The maximum absolute atomic E-state index is 13.5. The van der Waals surface area contributed by atoms with E-state index in [-0.39, 0.29) is 36.0 Å². The molecule has 0 aliphatic carbocycles. The van der Waals surface area contributed by atoms with Crippen LogP contribution in [0.1, 0.15) is 12.5 Å². The molecule has 1 amide bonds. The van der Waals surface area contributed by atoms with Crippen molar-refractivity contribution in [3.8, 4) is 17.2 Å². The number of ether oxygens (including phenoxy) is 3. The Balaban J connectivity index is 1.46. The molecule has 0 bridgehead atoms. The number of hydrogen-bond donors (Lipinski definition) is 1. The van der Waals surface area contributed by atoms with Crippen LogP contribution < -0.4 is 23.8 Å². The lowest BCUT2D eigenvalue weighted by Crippen LogP contribution is -2.51. The molecule has 8 nitrogen and oxygen atoms in total. The monoisotopic (exact) mass is 530 g/mol. The lowest BCUT2D eigenvalue weighted by Gasteiger charge is -2.34. The second-order valence-corrected chi connectivity index (χ2v) is 10.4. The minimum absolute atomic E-state index is 0.0535. The molecule has 0 aromatic heterocycles. The Morgan fingerprint density at radius 2 is 1.78 bits per heavy atom. The second-order valence-electron chi connectivity index (χ2n) is 8.07. The van der Waals surface area contributed by atoms with Crippen molar-refractivity contribution in [3.63, 3.8) is 0 Å². The third-order valence-electron chi connectivity index (χ3n) is 5.73. The Labute approximate surface area is 215 Å². The quantitative estimate of drug-likeness (QED) is 0.419. The van der Waals surface area contributed by atoms with Crippen molar-refractivity contribution in [1.29, 1.82) is 0 Å². The van der Waals surface area contributed by atoms with Crippen LogP contribution in [0, 0.1) is 0 Å². The van der Waals surface area contributed by atoms with Gasteiger partial charge >= 0.3 is 0 Å². The molecule has 190 valence electrons. The highest BCUT2D eigenvalue weighted by Crippen LogP contribution is 2.39. The zero-order valence-electron chi connectivity index (χ0n) is 19.9. The summed E-state index contributed by atoms with van der Waals surface area (Å²) in [7, 11) is -2.52. The molecule has 3 aromatic rings. The summed E-state index contributed by atoms with van der Waals surface area (Å²) in [4.78, 5) is 13.0. The van der Waals surface area contributed by atoms with E-state index in [0.29, 0.717) is 16.5 Å². The largest absolute Gasteiger partial charge is 0.497 e. The van der Waals surface area contributed by atoms with Crippen molar-refractivity contribution in [2.45, 2.75) is 24.3 Å². The SMILES string of the molecule is CCc1ccc(OCCNC(=O)C2CN(S(=O)(=O)c3ccc(OC)cc3)c3cc(Cl)ccc3O2)cc1. The van der Waals surface area contributed by atoms with E-state index in [9.17, 15) is 13.2 Å². The molecule has 1 N–H and O–H groups in total. The summed E-state index contributed by atoms with van der Waals surface area (Å²) in [5.74, 6) is 1.03. The predicted molar refractivity (Wildman–Crippen MR) is 138 cm³/mol. The fourth-order valence-corrected chi connectivity index (χ4v) is 5.38. The molecule has 36 heavy (non-hydrogen) atoms. The first-order chi connectivity index (χ1) is 17.3. The third kappa shape index (κ3) is 5.68. The van der Waals surface area contributed by atoms with Gasteiger partial charge in [-0.25, -0.2) is 8.42 Å². The first-order valence-corrected chi connectivity index (χ1v) is 13.3. The van der Waals surface area contributed by atoms with Crippen molar-refractivity contribution < 1.29 is 27.4 Å². The lowest BCUT2D eigenvalue weighted by molar-refractivity contribution is -0.127. The van der Waals surface area contributed by atoms with E-state index >= 15 is 0 Å². The number of carbonyl (C=O) groups excluding carboxylic acids is 1. The summed E-state index contributed by atoms with van der Waals surface area (Å²) in [6, 6.07) is 18.4. The van der Waals surface area contributed by atoms with E-state index in [1.807, 2.05) is 24.3 Å². The molecule has 0 saturated carbocycles. The first kappa shape index (κ1) is 25.7. The Morgan fingerprint density at radius 1 is 1.08 bits per heavy atom. The van der Waals surface area contributed by atoms with Crippen molar-refractivity contribution in [1.82, 2.24) is 5.32 Å². The van der Waals surface area contributed by atoms with E-state index in [4.69, 9.17) is 25.8 Å². The molecule has 4 rings (SSSR count). The van der Waals surface area contributed by atoms with E-state index in [0.717, 1.165) is 10.7 Å². The van der Waals surface area contributed by atoms with Gasteiger partial charge < -0.3 is 19.5 Å². The Bertz CT molecular complexity index is 1310. The van der Waals surface area contributed by atoms with E-state index in [2.05, 4.69) is 12.2 Å². The molecule has 1 aliphatic heterocycles. The van der Waals surface area contributed by atoms with Gasteiger partial charge in [-0.2, -0.15) is 0 Å². The number of methoxy groups -OCH3 is 1. The maximum Gasteiger partial charge on any atom is 0.264 e. The average Bonchev–Trinajstić information content (AvgIpc) is 2.90. The van der Waals surface area contributed by atoms with Gasteiger partial charge in [0.05, 0.1) is 30.8 Å². The number of nitrogens with one attached hydrogen (secondary N) is 1. The molecule has 1 heterocycles. The minimum Gasteiger partial charge on any atom is -0.497 e. The summed E-state index contributed by atoms with van der Waals surface area (Å²) < 4.78 is 44.9. The first-order valence-electron chi connectivity index (χ1n) is 11.4. The number of carbonyl (C=O) groups is 1. The molecule has 1 unspecified atom stereocenters. The van der Waals surface area contributed by atoms with Gasteiger partial charge in [-0.05, 0) is 66.6 Å². The predicted octanol–water partition coefficient (Wildman–Crippen LogP) is 4.06. The molecule has 10 heteroatoms. The second kappa shape index (κ2) is 11.1. The molecular formula is C26H27ClN2O6S. The van der Waals surface area contributed by atoms with E-state index in [1.165, 1.54) is 30.9 Å². The van der Waals surface area contributed by atoms with Gasteiger partial charge in [0.25, 0.3) is 15.9 Å². The number of sulfonamides is 1. The van der Waals surface area contributed by atoms with Gasteiger partial charge in [0.2, 0.25) is 0 Å². The van der Waals surface area contributed by atoms with Gasteiger partial charge in [0.15, 0.2) is 6.10 Å². The number of rotatable bonds is 9. The molecule has 0 spiro atoms. The molecule has 0 fully saturated rings. The highest BCUT2D eigenvalue weighted by atomic mass is 35.5. The van der Waals surface area contributed by atoms with Crippen molar-refractivity contribution >= 4 is 33.2 Å². The van der Waals surface area contributed by atoms with Crippen LogP contribution in [-0.2, 0) is 21.2 Å². The third-order valence-corrected chi connectivity index (χ3v) is 7.76. The highest BCUT2D eigenvalue weighted by molar-refractivity contribution is 7.92. The highest BCUT2D eigenvalue weighted by Gasteiger charge is 2.37. The topological polar surface area (TPSA) is 94.2 Å². The average molecular weight is 531 g/mol. The van der Waals surface area contributed by atoms with Crippen LogP contribution in [0.4, 0.5) is 5.69 Å². The van der Waals surface area contributed by atoms with Crippen LogP contribution in [0.25, 0.3) is 0 Å². The van der Waals surface area contributed by atoms with Gasteiger partial charge in [-0.3, -0.25) is 9.10 Å². The smallest absolute Gasteiger partial charge is 0.264 e. The minimum atomic E-state index is -4.02. The van der Waals surface area contributed by atoms with Gasteiger partial charge in [0, 0.05) is 5.02 Å². The summed E-state index contributed by atoms with van der Waals surface area (Å²) in [5.41, 5.74) is 1.47. The van der Waals surface area contributed by atoms with Crippen LogP contribution in [-0.4, -0.2) is 47.2 Å². The zero-order valence-corrected chi connectivity index (χ0v) is 21.5. The van der Waals surface area contributed by atoms with Crippen molar-refractivity contribution in [3.05, 3.63) is 77.3 Å². The van der Waals surface area contributed by atoms with Crippen LogP contribution in [0.15, 0.2) is 71.6 Å². The molecular weight excluding hydrogens is 504 g/mol. The number of anilines is 1. The molecule has 3 aromatic carbocycles. The Hall–Kier alpha value is -3.43. The van der Waals surface area contributed by atoms with Crippen molar-refractivity contribution in [2.75, 3.05) is 31.1 Å². The number of halogens is 1. The zero-order chi connectivity index (χ0) is 25.7. The number of amides is 1. The number of fused-ring (bicyclic) bond motifs is 1. The van der Waals surface area contributed by atoms with E-state index in [1.54, 1.807) is 24.3 Å². The van der Waals surface area contributed by atoms with Gasteiger partial charge in [-0.15, -0.1) is 0 Å². The molecule has 0 radical (unpaired) electrons. The molecule has 1 aliphatic rings. The summed E-state index contributed by atoms with van der Waals surface area (Å²) >= 11 is 6.14. The normalized spacial score (nSPS) is 15.0. The molecule has 0 saturated heterocycles. The van der Waals surface area contributed by atoms with Crippen molar-refractivity contribution in [2.24, 2.45) is 0 Å². The van der Waals surface area contributed by atoms with Crippen LogP contribution in [0.2, 0.25) is 5.02 Å². The Morgan fingerprint density at radius 3 is 2.44 bits per heavy atom. The van der Waals surface area contributed by atoms with Gasteiger partial charge in [0.1, 0.15) is 23.9 Å². The summed E-state index contributed by atoms with van der Waals surface area (Å²) in [6.07, 6.45) is -0.117.